The van der Waals surface area contributed by atoms with Crippen LogP contribution in [-0.4, -0.2) is 16.1 Å². The van der Waals surface area contributed by atoms with Gasteiger partial charge in [-0.2, -0.15) is 0 Å². The molecule has 1 N–H and O–H groups in total. The van der Waals surface area contributed by atoms with Crippen LogP contribution < -0.4 is 4.74 Å². The molecule has 2 aromatic rings. The molecule has 0 saturated carbocycles. The Balaban J connectivity index is 2.44. The molecular weight excluding hydrogens is 273 g/mol. The molecule has 0 fully saturated rings. The van der Waals surface area contributed by atoms with Crippen molar-refractivity contribution in [2.45, 2.75) is 6.92 Å². The fraction of sp³-hybridized carbons (Fsp3) is 0.0769. The Labute approximate surface area is 113 Å². The van der Waals surface area contributed by atoms with E-state index in [4.69, 9.17) is 21.4 Å². The van der Waals surface area contributed by atoms with Gasteiger partial charge in [0.2, 0.25) is 5.88 Å². The highest BCUT2D eigenvalue weighted by Gasteiger charge is 2.17. The number of rotatable bonds is 3. The number of carbonyl (C=O) groups is 1. The van der Waals surface area contributed by atoms with Crippen molar-refractivity contribution in [3.8, 4) is 11.6 Å². The van der Waals surface area contributed by atoms with E-state index in [-0.39, 0.29) is 22.2 Å². The average molecular weight is 282 g/mol. The first kappa shape index (κ1) is 13.3. The number of aromatic nitrogens is 1. The summed E-state index contributed by atoms with van der Waals surface area (Å²) in [6.07, 6.45) is 1.43. The van der Waals surface area contributed by atoms with Crippen molar-refractivity contribution in [1.82, 2.24) is 4.98 Å². The van der Waals surface area contributed by atoms with Crippen LogP contribution in [0.15, 0.2) is 30.5 Å². The van der Waals surface area contributed by atoms with Gasteiger partial charge in [0.1, 0.15) is 17.1 Å². The Morgan fingerprint density at radius 1 is 1.42 bits per heavy atom. The van der Waals surface area contributed by atoms with Crippen LogP contribution in [0.4, 0.5) is 4.39 Å². The Morgan fingerprint density at radius 2 is 2.16 bits per heavy atom. The van der Waals surface area contributed by atoms with Gasteiger partial charge in [-0.05, 0) is 36.8 Å². The lowest BCUT2D eigenvalue weighted by Gasteiger charge is -2.10. The zero-order valence-electron chi connectivity index (χ0n) is 9.85. The van der Waals surface area contributed by atoms with Crippen molar-refractivity contribution < 1.29 is 19.0 Å². The molecule has 4 nitrogen and oxygen atoms in total. The summed E-state index contributed by atoms with van der Waals surface area (Å²) in [6.45, 7) is 1.63. The standard InChI is InChI=1S/C13H9ClFNO3/c1-7-4-5-16-12(11(7)13(17)18)19-10-3-2-8(15)6-9(10)14/h2-6H,1H3,(H,17,18). The molecule has 0 radical (unpaired) electrons. The van der Waals surface area contributed by atoms with E-state index >= 15 is 0 Å². The van der Waals surface area contributed by atoms with Crippen LogP contribution in [0.5, 0.6) is 11.6 Å². The molecule has 2 rings (SSSR count). The number of aryl methyl sites for hydroxylation is 1. The predicted octanol–water partition coefficient (Wildman–Crippen LogP) is 3.67. The van der Waals surface area contributed by atoms with Crippen LogP contribution in [0, 0.1) is 12.7 Å². The number of nitrogens with zero attached hydrogens (tertiary/aromatic N) is 1. The molecule has 0 saturated heterocycles. The number of hydrogen-bond acceptors (Lipinski definition) is 3. The third kappa shape index (κ3) is 2.82. The zero-order chi connectivity index (χ0) is 14.0. The van der Waals surface area contributed by atoms with Gasteiger partial charge in [0.15, 0.2) is 0 Å². The van der Waals surface area contributed by atoms with Crippen molar-refractivity contribution in [3.63, 3.8) is 0 Å². The number of hydrogen-bond donors (Lipinski definition) is 1. The molecule has 0 aliphatic rings. The van der Waals surface area contributed by atoms with E-state index in [0.29, 0.717) is 5.56 Å². The predicted molar refractivity (Wildman–Crippen MR) is 67.4 cm³/mol. The maximum atomic E-state index is 12.9. The van der Waals surface area contributed by atoms with E-state index in [0.717, 1.165) is 12.1 Å². The third-order valence-corrected chi connectivity index (χ3v) is 2.73. The SMILES string of the molecule is Cc1ccnc(Oc2ccc(F)cc2Cl)c1C(=O)O. The number of carboxylic acids is 1. The third-order valence-electron chi connectivity index (χ3n) is 2.44. The van der Waals surface area contributed by atoms with E-state index in [1.807, 2.05) is 0 Å². The van der Waals surface area contributed by atoms with Crippen LogP contribution >= 0.6 is 11.6 Å². The summed E-state index contributed by atoms with van der Waals surface area (Å²) in [5, 5.41) is 9.17. The van der Waals surface area contributed by atoms with Gasteiger partial charge in [-0.25, -0.2) is 14.2 Å². The van der Waals surface area contributed by atoms with Crippen LogP contribution in [0.25, 0.3) is 0 Å². The van der Waals surface area contributed by atoms with Crippen LogP contribution in [0.3, 0.4) is 0 Å². The first-order valence-electron chi connectivity index (χ1n) is 5.31. The number of carboxylic acid groups (broad SMARTS) is 1. The maximum absolute atomic E-state index is 12.9. The minimum absolute atomic E-state index is 0.0413. The lowest BCUT2D eigenvalue weighted by molar-refractivity contribution is 0.0692. The largest absolute Gasteiger partial charge is 0.477 e. The molecule has 6 heteroatoms. The van der Waals surface area contributed by atoms with Crippen molar-refractivity contribution in [2.75, 3.05) is 0 Å². The van der Waals surface area contributed by atoms with Gasteiger partial charge in [0.25, 0.3) is 0 Å². The minimum Gasteiger partial charge on any atom is -0.477 e. The average Bonchev–Trinajstić information content (AvgIpc) is 2.32. The molecular formula is C13H9ClFNO3. The fourth-order valence-corrected chi connectivity index (χ4v) is 1.74. The highest BCUT2D eigenvalue weighted by atomic mass is 35.5. The highest BCUT2D eigenvalue weighted by molar-refractivity contribution is 6.32. The minimum atomic E-state index is -1.15. The molecule has 98 valence electrons. The summed E-state index contributed by atoms with van der Waals surface area (Å²) in [7, 11) is 0. The summed E-state index contributed by atoms with van der Waals surface area (Å²) in [6, 6.07) is 5.11. The molecule has 0 spiro atoms. The van der Waals surface area contributed by atoms with Crippen molar-refractivity contribution in [1.29, 1.82) is 0 Å². The van der Waals surface area contributed by atoms with Gasteiger partial charge in [-0.1, -0.05) is 11.6 Å². The Kier molecular flexibility index (Phi) is 3.66. The Bertz CT molecular complexity index is 646. The quantitative estimate of drug-likeness (QED) is 0.932. The summed E-state index contributed by atoms with van der Waals surface area (Å²) in [4.78, 5) is 15.0. The van der Waals surface area contributed by atoms with Crippen molar-refractivity contribution in [2.24, 2.45) is 0 Å². The van der Waals surface area contributed by atoms with Gasteiger partial charge in [0.05, 0.1) is 5.02 Å². The first-order valence-corrected chi connectivity index (χ1v) is 5.68. The number of pyridine rings is 1. The van der Waals surface area contributed by atoms with Gasteiger partial charge in [-0.3, -0.25) is 0 Å². The smallest absolute Gasteiger partial charge is 0.341 e. The number of aromatic carboxylic acids is 1. The number of ether oxygens (including phenoxy) is 1. The molecule has 1 aromatic heterocycles. The summed E-state index contributed by atoms with van der Waals surface area (Å²) in [5.41, 5.74) is 0.457. The van der Waals surface area contributed by atoms with Gasteiger partial charge in [-0.15, -0.1) is 0 Å². The second-order valence-corrected chi connectivity index (χ2v) is 4.20. The molecule has 1 heterocycles. The number of benzene rings is 1. The number of halogens is 2. The lowest BCUT2D eigenvalue weighted by atomic mass is 10.1. The molecule has 19 heavy (non-hydrogen) atoms. The molecule has 0 amide bonds. The first-order chi connectivity index (χ1) is 8.99. The van der Waals surface area contributed by atoms with Crippen LogP contribution in [0.2, 0.25) is 5.02 Å². The topological polar surface area (TPSA) is 59.4 Å². The molecule has 0 aliphatic heterocycles. The molecule has 1 aromatic carbocycles. The van der Waals surface area contributed by atoms with E-state index in [9.17, 15) is 9.18 Å². The summed E-state index contributed by atoms with van der Waals surface area (Å²) >= 11 is 5.81. The maximum Gasteiger partial charge on any atom is 0.341 e. The molecule has 0 aliphatic carbocycles. The monoisotopic (exact) mass is 281 g/mol. The van der Waals surface area contributed by atoms with E-state index in [1.165, 1.54) is 12.3 Å². The fourth-order valence-electron chi connectivity index (χ4n) is 1.53. The van der Waals surface area contributed by atoms with Crippen LogP contribution in [-0.2, 0) is 0 Å². The lowest BCUT2D eigenvalue weighted by Crippen LogP contribution is -2.04. The Hall–Kier alpha value is -2.14. The molecule has 0 atom stereocenters. The van der Waals surface area contributed by atoms with Crippen LogP contribution in [0.1, 0.15) is 15.9 Å². The van der Waals surface area contributed by atoms with E-state index in [2.05, 4.69) is 4.98 Å². The van der Waals surface area contributed by atoms with Crippen molar-refractivity contribution >= 4 is 17.6 Å². The van der Waals surface area contributed by atoms with E-state index < -0.39 is 11.8 Å². The summed E-state index contributed by atoms with van der Waals surface area (Å²) in [5.74, 6) is -1.60. The van der Waals surface area contributed by atoms with Gasteiger partial charge in [0, 0.05) is 6.20 Å². The highest BCUT2D eigenvalue weighted by Crippen LogP contribution is 2.31. The molecule has 0 unspecified atom stereocenters. The van der Waals surface area contributed by atoms with E-state index in [1.54, 1.807) is 13.0 Å². The second kappa shape index (κ2) is 5.24. The van der Waals surface area contributed by atoms with Crippen molar-refractivity contribution in [3.05, 3.63) is 52.4 Å². The summed E-state index contributed by atoms with van der Waals surface area (Å²) < 4.78 is 18.3. The normalized spacial score (nSPS) is 10.3. The van der Waals surface area contributed by atoms with Gasteiger partial charge >= 0.3 is 5.97 Å². The second-order valence-electron chi connectivity index (χ2n) is 3.79. The molecule has 0 bridgehead atoms. The zero-order valence-corrected chi connectivity index (χ0v) is 10.6. The van der Waals surface area contributed by atoms with Gasteiger partial charge < -0.3 is 9.84 Å². The Morgan fingerprint density at radius 3 is 2.79 bits per heavy atom.